The Morgan fingerprint density at radius 2 is 1.88 bits per heavy atom. The van der Waals surface area contributed by atoms with Crippen LogP contribution in [0.15, 0.2) is 42.5 Å². The van der Waals surface area contributed by atoms with E-state index in [0.29, 0.717) is 12.2 Å². The number of fused-ring (bicyclic) bond motifs is 1. The second-order valence-corrected chi connectivity index (χ2v) is 3.80. The lowest BCUT2D eigenvalue weighted by Gasteiger charge is -2.03. The van der Waals surface area contributed by atoms with E-state index in [1.807, 2.05) is 42.5 Å². The van der Waals surface area contributed by atoms with E-state index in [1.54, 1.807) is 0 Å². The summed E-state index contributed by atoms with van der Waals surface area (Å²) in [5.74, 6) is 0.721. The number of carbonyl (C=O) groups excluding carboxylic acids is 1. The molecule has 2 heterocycles. The maximum atomic E-state index is 11.2. The van der Waals surface area contributed by atoms with Crippen molar-refractivity contribution in [3.05, 3.63) is 48.0 Å². The molecule has 0 fully saturated rings. The number of benzene rings is 1. The van der Waals surface area contributed by atoms with Crippen LogP contribution in [0.2, 0.25) is 0 Å². The fourth-order valence-corrected chi connectivity index (χ4v) is 1.86. The molecule has 1 aromatic heterocycles. The van der Waals surface area contributed by atoms with Crippen LogP contribution >= 0.6 is 0 Å². The third-order valence-electron chi connectivity index (χ3n) is 2.66. The zero-order chi connectivity index (χ0) is 11.0. The maximum Gasteiger partial charge on any atom is 0.230 e. The van der Waals surface area contributed by atoms with Crippen LogP contribution in [-0.4, -0.2) is 10.9 Å². The van der Waals surface area contributed by atoms with Crippen molar-refractivity contribution in [2.75, 3.05) is 5.32 Å². The molecule has 3 rings (SSSR count). The highest BCUT2D eigenvalue weighted by atomic mass is 16.1. The molecular formula is C13H10N2O. The second kappa shape index (κ2) is 3.45. The van der Waals surface area contributed by atoms with Crippen molar-refractivity contribution in [3.8, 4) is 11.3 Å². The van der Waals surface area contributed by atoms with E-state index in [2.05, 4.69) is 10.3 Å². The lowest BCUT2D eigenvalue weighted by Crippen LogP contribution is -2.04. The molecule has 0 radical (unpaired) electrons. The van der Waals surface area contributed by atoms with E-state index in [0.717, 1.165) is 16.8 Å². The summed E-state index contributed by atoms with van der Waals surface area (Å²) < 4.78 is 0. The molecule has 1 amide bonds. The average molecular weight is 210 g/mol. The van der Waals surface area contributed by atoms with Crippen LogP contribution in [0.25, 0.3) is 11.3 Å². The molecular weight excluding hydrogens is 200 g/mol. The molecule has 0 aliphatic carbocycles. The van der Waals surface area contributed by atoms with E-state index in [1.165, 1.54) is 0 Å². The predicted octanol–water partition coefficient (Wildman–Crippen LogP) is 2.24. The highest BCUT2D eigenvalue weighted by molar-refractivity contribution is 5.98. The Morgan fingerprint density at radius 3 is 2.69 bits per heavy atom. The van der Waals surface area contributed by atoms with Gasteiger partial charge in [-0.2, -0.15) is 0 Å². The first-order valence-corrected chi connectivity index (χ1v) is 5.18. The Hall–Kier alpha value is -2.16. The van der Waals surface area contributed by atoms with Gasteiger partial charge in [-0.15, -0.1) is 0 Å². The number of aromatic nitrogens is 1. The number of pyridine rings is 1. The van der Waals surface area contributed by atoms with Crippen LogP contribution in [0.4, 0.5) is 5.82 Å². The molecule has 3 nitrogen and oxygen atoms in total. The van der Waals surface area contributed by atoms with Crippen molar-refractivity contribution < 1.29 is 4.79 Å². The molecule has 0 unspecified atom stereocenters. The van der Waals surface area contributed by atoms with Gasteiger partial charge in [-0.3, -0.25) is 4.79 Å². The summed E-state index contributed by atoms with van der Waals surface area (Å²) >= 11 is 0. The van der Waals surface area contributed by atoms with Crippen LogP contribution < -0.4 is 5.32 Å². The zero-order valence-electron chi connectivity index (χ0n) is 8.60. The molecule has 3 heteroatoms. The van der Waals surface area contributed by atoms with Gasteiger partial charge in [-0.25, -0.2) is 4.98 Å². The molecule has 0 saturated heterocycles. The zero-order valence-corrected chi connectivity index (χ0v) is 8.60. The third kappa shape index (κ3) is 1.46. The summed E-state index contributed by atoms with van der Waals surface area (Å²) in [6.07, 6.45) is 0.442. The number of amides is 1. The summed E-state index contributed by atoms with van der Waals surface area (Å²) in [6, 6.07) is 13.8. The number of nitrogens with zero attached hydrogens (tertiary/aromatic N) is 1. The van der Waals surface area contributed by atoms with Gasteiger partial charge in [0.2, 0.25) is 5.91 Å². The van der Waals surface area contributed by atoms with E-state index in [-0.39, 0.29) is 5.91 Å². The van der Waals surface area contributed by atoms with Crippen LogP contribution in [0.1, 0.15) is 5.56 Å². The van der Waals surface area contributed by atoms with Crippen molar-refractivity contribution in [1.82, 2.24) is 4.98 Å². The number of nitrogens with one attached hydrogen (secondary N) is 1. The lowest BCUT2D eigenvalue weighted by molar-refractivity contribution is -0.115. The fraction of sp³-hybridized carbons (Fsp3) is 0.0769. The maximum absolute atomic E-state index is 11.2. The quantitative estimate of drug-likeness (QED) is 0.784. The van der Waals surface area contributed by atoms with Gasteiger partial charge in [0.05, 0.1) is 12.1 Å². The summed E-state index contributed by atoms with van der Waals surface area (Å²) in [7, 11) is 0. The fourth-order valence-electron chi connectivity index (χ4n) is 1.86. The third-order valence-corrected chi connectivity index (χ3v) is 2.66. The van der Waals surface area contributed by atoms with Gasteiger partial charge in [-0.1, -0.05) is 36.4 Å². The summed E-state index contributed by atoms with van der Waals surface area (Å²) in [6.45, 7) is 0. The molecule has 0 atom stereocenters. The van der Waals surface area contributed by atoms with Crippen LogP contribution in [0, 0.1) is 0 Å². The highest BCUT2D eigenvalue weighted by Crippen LogP contribution is 2.25. The Bertz CT molecular complexity index is 549. The monoisotopic (exact) mass is 210 g/mol. The topological polar surface area (TPSA) is 42.0 Å². The van der Waals surface area contributed by atoms with Crippen molar-refractivity contribution in [2.24, 2.45) is 0 Å². The van der Waals surface area contributed by atoms with E-state index < -0.39 is 0 Å². The molecule has 1 N–H and O–H groups in total. The molecule has 1 aromatic carbocycles. The van der Waals surface area contributed by atoms with Gasteiger partial charge in [-0.05, 0) is 6.07 Å². The molecule has 1 aliphatic rings. The molecule has 2 aromatic rings. The van der Waals surface area contributed by atoms with E-state index >= 15 is 0 Å². The number of rotatable bonds is 1. The number of carbonyl (C=O) groups is 1. The number of anilines is 1. The van der Waals surface area contributed by atoms with Gasteiger partial charge in [0.15, 0.2) is 0 Å². The Kier molecular flexibility index (Phi) is 1.96. The second-order valence-electron chi connectivity index (χ2n) is 3.80. The normalized spacial score (nSPS) is 13.4. The summed E-state index contributed by atoms with van der Waals surface area (Å²) in [5, 5.41) is 2.76. The first-order chi connectivity index (χ1) is 7.83. The largest absolute Gasteiger partial charge is 0.310 e. The molecule has 78 valence electrons. The van der Waals surface area contributed by atoms with Crippen LogP contribution in [0.3, 0.4) is 0 Å². The van der Waals surface area contributed by atoms with Gasteiger partial charge < -0.3 is 5.32 Å². The van der Waals surface area contributed by atoms with Crippen molar-refractivity contribution in [1.29, 1.82) is 0 Å². The highest BCUT2D eigenvalue weighted by Gasteiger charge is 2.18. The first-order valence-electron chi connectivity index (χ1n) is 5.18. The van der Waals surface area contributed by atoms with Crippen molar-refractivity contribution in [3.63, 3.8) is 0 Å². The smallest absolute Gasteiger partial charge is 0.230 e. The SMILES string of the molecule is O=C1Cc2ccc(-c3ccccc3)nc2N1. The molecule has 0 saturated carbocycles. The Balaban J connectivity index is 2.06. The number of hydrogen-bond donors (Lipinski definition) is 1. The van der Waals surface area contributed by atoms with E-state index in [9.17, 15) is 4.79 Å². The first kappa shape index (κ1) is 9.09. The molecule has 0 spiro atoms. The average Bonchev–Trinajstić information content (AvgIpc) is 2.69. The minimum absolute atomic E-state index is 0.0210. The van der Waals surface area contributed by atoms with Gasteiger partial charge in [0.25, 0.3) is 0 Å². The molecule has 1 aliphatic heterocycles. The van der Waals surface area contributed by atoms with Gasteiger partial charge in [0.1, 0.15) is 5.82 Å². The van der Waals surface area contributed by atoms with Crippen LogP contribution in [-0.2, 0) is 11.2 Å². The van der Waals surface area contributed by atoms with Crippen LogP contribution in [0.5, 0.6) is 0 Å². The van der Waals surface area contributed by atoms with E-state index in [4.69, 9.17) is 0 Å². The lowest BCUT2D eigenvalue weighted by atomic mass is 10.1. The summed E-state index contributed by atoms with van der Waals surface area (Å²) in [4.78, 5) is 15.6. The minimum Gasteiger partial charge on any atom is -0.310 e. The predicted molar refractivity (Wildman–Crippen MR) is 62.0 cm³/mol. The Labute approximate surface area is 93.1 Å². The minimum atomic E-state index is 0.0210. The van der Waals surface area contributed by atoms with Gasteiger partial charge >= 0.3 is 0 Å². The van der Waals surface area contributed by atoms with Crippen molar-refractivity contribution in [2.45, 2.75) is 6.42 Å². The van der Waals surface area contributed by atoms with Gasteiger partial charge in [0, 0.05) is 11.1 Å². The van der Waals surface area contributed by atoms with Crippen molar-refractivity contribution >= 4 is 11.7 Å². The number of hydrogen-bond acceptors (Lipinski definition) is 2. The molecule has 16 heavy (non-hydrogen) atoms. The molecule has 0 bridgehead atoms. The Morgan fingerprint density at radius 1 is 1.06 bits per heavy atom. The summed E-state index contributed by atoms with van der Waals surface area (Å²) in [5.41, 5.74) is 2.93. The standard InChI is InChI=1S/C13H10N2O/c16-12-8-10-6-7-11(14-13(10)15-12)9-4-2-1-3-5-9/h1-7H,8H2,(H,14,15,16).